The number of benzene rings is 1. The van der Waals surface area contributed by atoms with E-state index in [0.29, 0.717) is 16.9 Å². The molecule has 0 bridgehead atoms. The molecule has 1 N–H and O–H groups in total. The number of anilines is 1. The van der Waals surface area contributed by atoms with Gasteiger partial charge in [0.25, 0.3) is 10.9 Å². The monoisotopic (exact) mass is 352 g/mol. The Kier molecular flexibility index (Phi) is 5.74. The quantitative estimate of drug-likeness (QED) is 0.459. The van der Waals surface area contributed by atoms with Gasteiger partial charge in [0, 0.05) is 18.1 Å². The van der Waals surface area contributed by atoms with E-state index in [4.69, 9.17) is 9.15 Å². The van der Waals surface area contributed by atoms with E-state index in [1.165, 1.54) is 25.3 Å². The van der Waals surface area contributed by atoms with Crippen molar-refractivity contribution in [2.75, 3.05) is 18.2 Å². The van der Waals surface area contributed by atoms with Crippen molar-refractivity contribution >= 4 is 29.0 Å². The van der Waals surface area contributed by atoms with E-state index in [-0.39, 0.29) is 29.0 Å². The second-order valence-electron chi connectivity index (χ2n) is 5.04. The van der Waals surface area contributed by atoms with Crippen LogP contribution in [0.5, 0.6) is 5.75 Å². The summed E-state index contributed by atoms with van der Waals surface area (Å²) < 4.78 is 10.5. The van der Waals surface area contributed by atoms with E-state index in [1.807, 2.05) is 13.8 Å². The molecule has 9 nitrogen and oxygen atoms in total. The maximum Gasteiger partial charge on any atom is 0.277 e. The van der Waals surface area contributed by atoms with Gasteiger partial charge in [-0.05, 0) is 6.07 Å². The molecule has 0 fully saturated rings. The number of hydrogen-bond donors (Lipinski definition) is 1. The summed E-state index contributed by atoms with van der Waals surface area (Å²) in [5.74, 6) is 0.584. The van der Waals surface area contributed by atoms with Crippen molar-refractivity contribution in [2.24, 2.45) is 0 Å². The Balaban J connectivity index is 2.00. The molecule has 0 saturated heterocycles. The first-order valence-corrected chi connectivity index (χ1v) is 7.97. The lowest BCUT2D eigenvalue weighted by Crippen LogP contribution is -2.14. The average molecular weight is 352 g/mol. The molecule has 0 aliphatic rings. The van der Waals surface area contributed by atoms with Crippen LogP contribution in [0.15, 0.2) is 27.8 Å². The minimum atomic E-state index is -0.546. The zero-order chi connectivity index (χ0) is 17.7. The third-order valence-corrected chi connectivity index (χ3v) is 3.73. The van der Waals surface area contributed by atoms with E-state index in [9.17, 15) is 14.9 Å². The highest BCUT2D eigenvalue weighted by Crippen LogP contribution is 2.29. The van der Waals surface area contributed by atoms with Gasteiger partial charge in [0.15, 0.2) is 0 Å². The number of methoxy groups -OCH3 is 1. The Bertz CT molecular complexity index is 747. The Labute approximate surface area is 141 Å². The van der Waals surface area contributed by atoms with Crippen LogP contribution in [-0.4, -0.2) is 33.9 Å². The largest absolute Gasteiger partial charge is 0.495 e. The number of thioether (sulfide) groups is 1. The molecular weight excluding hydrogens is 336 g/mol. The fourth-order valence-corrected chi connectivity index (χ4v) is 2.30. The highest BCUT2D eigenvalue weighted by atomic mass is 32.2. The maximum atomic E-state index is 12.0. The predicted octanol–water partition coefficient (Wildman–Crippen LogP) is 2.84. The molecule has 2 rings (SSSR count). The lowest BCUT2D eigenvalue weighted by molar-refractivity contribution is -0.384. The maximum absolute atomic E-state index is 12.0. The van der Waals surface area contributed by atoms with Gasteiger partial charge in [-0.25, -0.2) is 0 Å². The summed E-state index contributed by atoms with van der Waals surface area (Å²) in [6.45, 7) is 3.84. The number of nitro groups is 1. The molecule has 0 atom stereocenters. The summed E-state index contributed by atoms with van der Waals surface area (Å²) in [5.41, 5.74) is 0.0860. The van der Waals surface area contributed by atoms with Crippen molar-refractivity contribution < 1.29 is 18.9 Å². The van der Waals surface area contributed by atoms with Crippen LogP contribution in [0, 0.1) is 10.1 Å². The summed E-state index contributed by atoms with van der Waals surface area (Å²) in [7, 11) is 1.41. The Hall–Kier alpha value is -2.62. The van der Waals surface area contributed by atoms with Gasteiger partial charge in [-0.15, -0.1) is 10.2 Å². The zero-order valence-electron chi connectivity index (χ0n) is 13.3. The Morgan fingerprint density at radius 1 is 1.46 bits per heavy atom. The number of carbonyl (C=O) groups excluding carboxylic acids is 1. The molecule has 0 saturated carbocycles. The SMILES string of the molecule is COc1ccc([N+](=O)[O-])cc1NC(=O)CSc1nnc(C(C)C)o1. The molecule has 2 aromatic rings. The first-order valence-electron chi connectivity index (χ1n) is 6.99. The van der Waals surface area contributed by atoms with Gasteiger partial charge in [0.2, 0.25) is 11.8 Å². The second kappa shape index (κ2) is 7.77. The van der Waals surface area contributed by atoms with Crippen LogP contribution in [0.25, 0.3) is 0 Å². The summed E-state index contributed by atoms with van der Waals surface area (Å²) in [6, 6.07) is 3.97. The van der Waals surface area contributed by atoms with E-state index >= 15 is 0 Å². The summed E-state index contributed by atoms with van der Waals surface area (Å²) >= 11 is 1.08. The number of non-ortho nitro benzene ring substituents is 1. The standard InChI is InChI=1S/C14H16N4O5S/c1-8(2)13-16-17-14(23-13)24-7-12(19)15-10-6-9(18(20)21)4-5-11(10)22-3/h4-6,8H,7H2,1-3H3,(H,15,19). The van der Waals surface area contributed by atoms with Crippen molar-refractivity contribution in [1.82, 2.24) is 10.2 Å². The average Bonchev–Trinajstić information content (AvgIpc) is 3.02. The van der Waals surface area contributed by atoms with Gasteiger partial charge in [0.1, 0.15) is 5.75 Å². The first kappa shape index (κ1) is 17.7. The molecule has 24 heavy (non-hydrogen) atoms. The highest BCUT2D eigenvalue weighted by molar-refractivity contribution is 7.99. The molecule has 128 valence electrons. The van der Waals surface area contributed by atoms with Gasteiger partial charge in [-0.1, -0.05) is 25.6 Å². The summed E-state index contributed by atoms with van der Waals surface area (Å²) in [4.78, 5) is 22.3. The molecular formula is C14H16N4O5S. The van der Waals surface area contributed by atoms with Crippen molar-refractivity contribution in [1.29, 1.82) is 0 Å². The summed E-state index contributed by atoms with van der Waals surface area (Å²) in [5, 5.41) is 21.4. The fourth-order valence-electron chi connectivity index (χ4n) is 1.73. The molecule has 10 heteroatoms. The Morgan fingerprint density at radius 2 is 2.21 bits per heavy atom. The molecule has 1 heterocycles. The molecule has 0 radical (unpaired) electrons. The molecule has 1 aromatic heterocycles. The number of hydrogen-bond acceptors (Lipinski definition) is 8. The summed E-state index contributed by atoms with van der Waals surface area (Å²) in [6.07, 6.45) is 0. The minimum Gasteiger partial charge on any atom is -0.495 e. The first-order chi connectivity index (χ1) is 11.4. The third-order valence-electron chi connectivity index (χ3n) is 2.91. The molecule has 0 spiro atoms. The van der Waals surface area contributed by atoms with Crippen LogP contribution in [-0.2, 0) is 4.79 Å². The van der Waals surface area contributed by atoms with Gasteiger partial charge < -0.3 is 14.5 Å². The van der Waals surface area contributed by atoms with E-state index in [1.54, 1.807) is 0 Å². The number of carbonyl (C=O) groups is 1. The van der Waals surface area contributed by atoms with Crippen LogP contribution >= 0.6 is 11.8 Å². The molecule has 0 aliphatic heterocycles. The van der Waals surface area contributed by atoms with Gasteiger partial charge >= 0.3 is 0 Å². The van der Waals surface area contributed by atoms with Gasteiger partial charge in [-0.2, -0.15) is 0 Å². The molecule has 0 aliphatic carbocycles. The van der Waals surface area contributed by atoms with Gasteiger partial charge in [0.05, 0.1) is 23.5 Å². The highest BCUT2D eigenvalue weighted by Gasteiger charge is 2.15. The van der Waals surface area contributed by atoms with Crippen LogP contribution < -0.4 is 10.1 Å². The van der Waals surface area contributed by atoms with Crippen molar-refractivity contribution in [3.8, 4) is 5.75 Å². The Morgan fingerprint density at radius 3 is 2.79 bits per heavy atom. The number of amides is 1. The second-order valence-corrected chi connectivity index (χ2v) is 5.97. The van der Waals surface area contributed by atoms with Crippen LogP contribution in [0.1, 0.15) is 25.7 Å². The minimum absolute atomic E-state index is 0.0194. The van der Waals surface area contributed by atoms with Crippen LogP contribution in [0.3, 0.4) is 0 Å². The number of nitrogens with zero attached hydrogens (tertiary/aromatic N) is 3. The van der Waals surface area contributed by atoms with Gasteiger partial charge in [-0.3, -0.25) is 14.9 Å². The number of aromatic nitrogens is 2. The zero-order valence-corrected chi connectivity index (χ0v) is 14.1. The van der Waals surface area contributed by atoms with Crippen molar-refractivity contribution in [3.05, 3.63) is 34.2 Å². The van der Waals surface area contributed by atoms with Crippen LogP contribution in [0.2, 0.25) is 0 Å². The van der Waals surface area contributed by atoms with E-state index in [0.717, 1.165) is 11.8 Å². The number of rotatable bonds is 7. The molecule has 1 amide bonds. The third kappa shape index (κ3) is 4.44. The normalized spacial score (nSPS) is 10.7. The topological polar surface area (TPSA) is 120 Å². The smallest absolute Gasteiger partial charge is 0.277 e. The number of nitro benzene ring substituents is 1. The van der Waals surface area contributed by atoms with Crippen molar-refractivity contribution in [2.45, 2.75) is 25.0 Å². The van der Waals surface area contributed by atoms with E-state index < -0.39 is 4.92 Å². The molecule has 1 aromatic carbocycles. The molecule has 0 unspecified atom stereocenters. The number of nitrogens with one attached hydrogen (secondary N) is 1. The van der Waals surface area contributed by atoms with E-state index in [2.05, 4.69) is 15.5 Å². The number of ether oxygens (including phenoxy) is 1. The lowest BCUT2D eigenvalue weighted by atomic mass is 10.2. The fraction of sp³-hybridized carbons (Fsp3) is 0.357. The van der Waals surface area contributed by atoms with Crippen molar-refractivity contribution in [3.63, 3.8) is 0 Å². The lowest BCUT2D eigenvalue weighted by Gasteiger charge is -2.09. The van der Waals surface area contributed by atoms with Crippen LogP contribution in [0.4, 0.5) is 11.4 Å². The predicted molar refractivity (Wildman–Crippen MR) is 87.4 cm³/mol.